The number of hydrogen-bond donors (Lipinski definition) is 1. The molecule has 0 saturated heterocycles. The highest BCUT2D eigenvalue weighted by molar-refractivity contribution is 9.10. The topological polar surface area (TPSA) is 12.0 Å². The fourth-order valence-electron chi connectivity index (χ4n) is 2.17. The SMILES string of the molecule is CCCCCCC(NCC)c1cc(Br)ccc1Cl. The molecule has 102 valence electrons. The molecular weight excluding hydrogens is 310 g/mol. The Labute approximate surface area is 124 Å². The Kier molecular flexibility index (Phi) is 7.96. The zero-order valence-corrected chi connectivity index (χ0v) is 13.6. The molecule has 0 aromatic heterocycles. The molecule has 3 heteroatoms. The van der Waals surface area contributed by atoms with Gasteiger partial charge in [0.1, 0.15) is 0 Å². The van der Waals surface area contributed by atoms with Crippen molar-refractivity contribution in [2.45, 2.75) is 52.0 Å². The Hall–Kier alpha value is -0.0500. The Morgan fingerprint density at radius 2 is 2.00 bits per heavy atom. The van der Waals surface area contributed by atoms with Gasteiger partial charge in [0, 0.05) is 15.5 Å². The van der Waals surface area contributed by atoms with Crippen LogP contribution in [0.4, 0.5) is 0 Å². The van der Waals surface area contributed by atoms with Crippen LogP contribution in [0, 0.1) is 0 Å². The third-order valence-corrected chi connectivity index (χ3v) is 3.97. The molecule has 0 heterocycles. The van der Waals surface area contributed by atoms with Crippen molar-refractivity contribution in [2.75, 3.05) is 6.54 Å². The van der Waals surface area contributed by atoms with Gasteiger partial charge in [0.25, 0.3) is 0 Å². The van der Waals surface area contributed by atoms with Crippen LogP contribution in [0.1, 0.15) is 57.6 Å². The molecule has 1 nitrogen and oxygen atoms in total. The van der Waals surface area contributed by atoms with Crippen molar-refractivity contribution in [2.24, 2.45) is 0 Å². The van der Waals surface area contributed by atoms with Gasteiger partial charge in [0.15, 0.2) is 0 Å². The van der Waals surface area contributed by atoms with E-state index in [4.69, 9.17) is 11.6 Å². The van der Waals surface area contributed by atoms with Crippen molar-refractivity contribution < 1.29 is 0 Å². The van der Waals surface area contributed by atoms with E-state index >= 15 is 0 Å². The largest absolute Gasteiger partial charge is 0.310 e. The molecular formula is C15H23BrClN. The van der Waals surface area contributed by atoms with Crippen molar-refractivity contribution in [1.82, 2.24) is 5.32 Å². The van der Waals surface area contributed by atoms with Gasteiger partial charge in [-0.2, -0.15) is 0 Å². The van der Waals surface area contributed by atoms with Crippen molar-refractivity contribution in [3.63, 3.8) is 0 Å². The number of halogens is 2. The molecule has 1 rings (SSSR count). The molecule has 1 atom stereocenters. The second-order valence-corrected chi connectivity index (χ2v) is 5.95. The average molecular weight is 333 g/mol. The van der Waals surface area contributed by atoms with Crippen LogP contribution in [0.2, 0.25) is 5.02 Å². The molecule has 0 aliphatic carbocycles. The van der Waals surface area contributed by atoms with Gasteiger partial charge in [0.05, 0.1) is 0 Å². The van der Waals surface area contributed by atoms with E-state index < -0.39 is 0 Å². The van der Waals surface area contributed by atoms with E-state index in [1.165, 1.54) is 31.2 Å². The third-order valence-electron chi connectivity index (χ3n) is 3.13. The van der Waals surface area contributed by atoms with Crippen LogP contribution in [0.3, 0.4) is 0 Å². The van der Waals surface area contributed by atoms with Crippen LogP contribution < -0.4 is 5.32 Å². The summed E-state index contributed by atoms with van der Waals surface area (Å²) in [5.74, 6) is 0. The predicted octanol–water partition coefficient (Wildman–Crippen LogP) is 5.72. The van der Waals surface area contributed by atoms with Gasteiger partial charge >= 0.3 is 0 Å². The average Bonchev–Trinajstić information content (AvgIpc) is 2.36. The Balaban J connectivity index is 2.67. The lowest BCUT2D eigenvalue weighted by atomic mass is 10.00. The molecule has 0 fully saturated rings. The highest BCUT2D eigenvalue weighted by Gasteiger charge is 2.13. The van der Waals surface area contributed by atoms with E-state index in [1.54, 1.807) is 0 Å². The van der Waals surface area contributed by atoms with E-state index in [9.17, 15) is 0 Å². The molecule has 0 radical (unpaired) electrons. The molecule has 1 aromatic carbocycles. The maximum atomic E-state index is 6.31. The number of rotatable bonds is 8. The van der Waals surface area contributed by atoms with Crippen LogP contribution in [0.15, 0.2) is 22.7 Å². The lowest BCUT2D eigenvalue weighted by Gasteiger charge is -2.20. The lowest BCUT2D eigenvalue weighted by Crippen LogP contribution is -2.21. The monoisotopic (exact) mass is 331 g/mol. The third kappa shape index (κ3) is 5.29. The number of benzene rings is 1. The van der Waals surface area contributed by atoms with E-state index in [1.807, 2.05) is 12.1 Å². The van der Waals surface area contributed by atoms with Gasteiger partial charge in [-0.1, -0.05) is 67.1 Å². The van der Waals surface area contributed by atoms with Crippen molar-refractivity contribution >= 4 is 27.5 Å². The normalized spacial score (nSPS) is 12.7. The van der Waals surface area contributed by atoms with Gasteiger partial charge in [-0.05, 0) is 36.7 Å². The fraction of sp³-hybridized carbons (Fsp3) is 0.600. The summed E-state index contributed by atoms with van der Waals surface area (Å²) in [7, 11) is 0. The van der Waals surface area contributed by atoms with Crippen LogP contribution in [0.25, 0.3) is 0 Å². The van der Waals surface area contributed by atoms with Crippen molar-refractivity contribution in [3.05, 3.63) is 33.3 Å². The van der Waals surface area contributed by atoms with Gasteiger partial charge in [-0.25, -0.2) is 0 Å². The summed E-state index contributed by atoms with van der Waals surface area (Å²) in [5.41, 5.74) is 1.21. The molecule has 0 aliphatic heterocycles. The van der Waals surface area contributed by atoms with E-state index in [-0.39, 0.29) is 0 Å². The van der Waals surface area contributed by atoms with Crippen molar-refractivity contribution in [3.8, 4) is 0 Å². The fourth-order valence-corrected chi connectivity index (χ4v) is 2.80. The molecule has 0 saturated carbocycles. The predicted molar refractivity (Wildman–Crippen MR) is 84.3 cm³/mol. The summed E-state index contributed by atoms with van der Waals surface area (Å²) >= 11 is 9.83. The summed E-state index contributed by atoms with van der Waals surface area (Å²) in [6.45, 7) is 5.36. The molecule has 1 N–H and O–H groups in total. The second kappa shape index (κ2) is 8.95. The zero-order chi connectivity index (χ0) is 13.4. The first-order chi connectivity index (χ1) is 8.69. The van der Waals surface area contributed by atoms with E-state index in [0.717, 1.165) is 22.5 Å². The molecule has 0 amide bonds. The maximum Gasteiger partial charge on any atom is 0.0454 e. The van der Waals surface area contributed by atoms with Crippen LogP contribution in [-0.2, 0) is 0 Å². The molecule has 18 heavy (non-hydrogen) atoms. The Morgan fingerprint density at radius 3 is 2.67 bits per heavy atom. The first-order valence-corrected chi connectivity index (χ1v) is 8.04. The highest BCUT2D eigenvalue weighted by atomic mass is 79.9. The smallest absolute Gasteiger partial charge is 0.0454 e. The minimum Gasteiger partial charge on any atom is -0.310 e. The molecule has 0 spiro atoms. The summed E-state index contributed by atoms with van der Waals surface area (Å²) in [6.07, 6.45) is 6.33. The molecule has 1 unspecified atom stereocenters. The second-order valence-electron chi connectivity index (χ2n) is 4.63. The van der Waals surface area contributed by atoms with Gasteiger partial charge in [-0.15, -0.1) is 0 Å². The maximum absolute atomic E-state index is 6.31. The molecule has 1 aromatic rings. The zero-order valence-electron chi connectivity index (χ0n) is 11.3. The first-order valence-electron chi connectivity index (χ1n) is 6.87. The van der Waals surface area contributed by atoms with E-state index in [0.29, 0.717) is 6.04 Å². The van der Waals surface area contributed by atoms with Gasteiger partial charge in [0.2, 0.25) is 0 Å². The number of nitrogens with one attached hydrogen (secondary N) is 1. The van der Waals surface area contributed by atoms with Crippen LogP contribution in [0.5, 0.6) is 0 Å². The molecule has 0 bridgehead atoms. The summed E-state index contributed by atoms with van der Waals surface area (Å²) in [5, 5.41) is 4.40. The van der Waals surface area contributed by atoms with Crippen molar-refractivity contribution in [1.29, 1.82) is 0 Å². The Bertz CT molecular complexity index is 354. The summed E-state index contributed by atoms with van der Waals surface area (Å²) < 4.78 is 1.10. The van der Waals surface area contributed by atoms with Crippen LogP contribution >= 0.6 is 27.5 Å². The van der Waals surface area contributed by atoms with Gasteiger partial charge < -0.3 is 5.32 Å². The quantitative estimate of drug-likeness (QED) is 0.600. The molecule has 0 aliphatic rings. The van der Waals surface area contributed by atoms with E-state index in [2.05, 4.69) is 41.2 Å². The van der Waals surface area contributed by atoms with Gasteiger partial charge in [-0.3, -0.25) is 0 Å². The highest BCUT2D eigenvalue weighted by Crippen LogP contribution is 2.29. The number of unbranched alkanes of at least 4 members (excludes halogenated alkanes) is 3. The Morgan fingerprint density at radius 1 is 1.22 bits per heavy atom. The summed E-state index contributed by atoms with van der Waals surface area (Å²) in [4.78, 5) is 0. The summed E-state index contributed by atoms with van der Waals surface area (Å²) in [6, 6.07) is 6.47. The lowest BCUT2D eigenvalue weighted by molar-refractivity contribution is 0.482. The number of hydrogen-bond acceptors (Lipinski definition) is 1. The standard InChI is InChI=1S/C15H23BrClN/c1-3-5-6-7-8-15(18-4-2)13-11-12(16)9-10-14(13)17/h9-11,15,18H,3-8H2,1-2H3. The first kappa shape index (κ1) is 16.0. The minimum atomic E-state index is 0.372. The minimum absolute atomic E-state index is 0.372. The van der Waals surface area contributed by atoms with Crippen LogP contribution in [-0.4, -0.2) is 6.54 Å².